The molecule has 1 heteroatoms. The van der Waals surface area contributed by atoms with Gasteiger partial charge in [0.25, 0.3) is 0 Å². The van der Waals surface area contributed by atoms with Gasteiger partial charge in [-0.2, -0.15) is 0 Å². The molecule has 0 fully saturated rings. The third-order valence-corrected chi connectivity index (χ3v) is 3.04. The number of aromatic nitrogens is 1. The van der Waals surface area contributed by atoms with E-state index >= 15 is 0 Å². The normalized spacial score (nSPS) is 20.8. The van der Waals surface area contributed by atoms with Crippen LogP contribution in [0.25, 0.3) is 0 Å². The van der Waals surface area contributed by atoms with E-state index in [-0.39, 0.29) is 0 Å². The second kappa shape index (κ2) is 3.13. The van der Waals surface area contributed by atoms with E-state index in [4.69, 9.17) is 0 Å². The minimum absolute atomic E-state index is 0.641. The molecule has 1 atom stereocenters. The minimum Gasteiger partial charge on any atom is -0.261 e. The fourth-order valence-corrected chi connectivity index (χ4v) is 2.26. The minimum atomic E-state index is 0.641. The topological polar surface area (TPSA) is 12.9 Å². The lowest BCUT2D eigenvalue weighted by Crippen LogP contribution is -1.98. The Morgan fingerprint density at radius 3 is 2.92 bits per heavy atom. The highest BCUT2D eigenvalue weighted by Gasteiger charge is 2.22. The summed E-state index contributed by atoms with van der Waals surface area (Å²) in [6, 6.07) is 2.18. The molecule has 1 heterocycles. The Morgan fingerprint density at radius 2 is 2.23 bits per heavy atom. The molecule has 1 aromatic rings. The van der Waals surface area contributed by atoms with Gasteiger partial charge in [-0.1, -0.05) is 20.8 Å². The second-order valence-corrected chi connectivity index (χ2v) is 4.36. The first-order chi connectivity index (χ1) is 6.20. The zero-order valence-corrected chi connectivity index (χ0v) is 8.67. The summed E-state index contributed by atoms with van der Waals surface area (Å²) < 4.78 is 0. The number of fused-ring (bicyclic) bond motifs is 1. The lowest BCUT2D eigenvalue weighted by Gasteiger charge is -2.11. The van der Waals surface area contributed by atoms with Crippen LogP contribution in [0.4, 0.5) is 0 Å². The van der Waals surface area contributed by atoms with Crippen LogP contribution in [0, 0.1) is 0 Å². The molecule has 0 spiro atoms. The summed E-state index contributed by atoms with van der Waals surface area (Å²) in [5.41, 5.74) is 4.39. The molecule has 0 bridgehead atoms. The van der Waals surface area contributed by atoms with Gasteiger partial charge in [0.15, 0.2) is 0 Å². The number of hydrogen-bond donors (Lipinski definition) is 0. The molecule has 1 aliphatic carbocycles. The smallest absolute Gasteiger partial charge is 0.0466 e. The van der Waals surface area contributed by atoms with E-state index in [1.807, 2.05) is 6.20 Å². The molecule has 1 unspecified atom stereocenters. The van der Waals surface area contributed by atoms with Gasteiger partial charge in [0, 0.05) is 11.9 Å². The van der Waals surface area contributed by atoms with Crippen molar-refractivity contribution in [3.8, 4) is 0 Å². The first kappa shape index (κ1) is 8.74. The molecular formula is C12H17N. The summed E-state index contributed by atoms with van der Waals surface area (Å²) in [6.45, 7) is 6.81. The van der Waals surface area contributed by atoms with Crippen LogP contribution in [-0.2, 0) is 6.42 Å². The number of rotatable bonds is 1. The van der Waals surface area contributed by atoms with E-state index in [0.29, 0.717) is 11.8 Å². The number of nitrogens with zero attached hydrogens (tertiary/aromatic N) is 1. The Labute approximate surface area is 80.2 Å². The molecule has 0 amide bonds. The van der Waals surface area contributed by atoms with E-state index in [1.54, 1.807) is 0 Å². The predicted octanol–water partition coefficient (Wildman–Crippen LogP) is 3.25. The van der Waals surface area contributed by atoms with Crippen molar-refractivity contribution in [3.05, 3.63) is 29.1 Å². The SMILES string of the molecule is CC(C)c1ccnc2c1CCC2C. The number of pyridine rings is 1. The Kier molecular flexibility index (Phi) is 2.10. The van der Waals surface area contributed by atoms with Crippen LogP contribution in [0.15, 0.2) is 12.3 Å². The first-order valence-corrected chi connectivity index (χ1v) is 5.18. The summed E-state index contributed by atoms with van der Waals surface area (Å²) in [4.78, 5) is 4.48. The maximum Gasteiger partial charge on any atom is 0.0466 e. The van der Waals surface area contributed by atoms with Gasteiger partial charge in [0.2, 0.25) is 0 Å². The van der Waals surface area contributed by atoms with Gasteiger partial charge in [-0.25, -0.2) is 0 Å². The van der Waals surface area contributed by atoms with Gasteiger partial charge < -0.3 is 0 Å². The maximum atomic E-state index is 4.48. The van der Waals surface area contributed by atoms with E-state index in [9.17, 15) is 0 Å². The zero-order chi connectivity index (χ0) is 9.42. The van der Waals surface area contributed by atoms with Crippen LogP contribution in [0.1, 0.15) is 55.8 Å². The molecule has 0 radical (unpaired) electrons. The van der Waals surface area contributed by atoms with Crippen molar-refractivity contribution in [2.75, 3.05) is 0 Å². The van der Waals surface area contributed by atoms with Crippen molar-refractivity contribution in [2.45, 2.75) is 45.4 Å². The van der Waals surface area contributed by atoms with Crippen LogP contribution in [-0.4, -0.2) is 4.98 Å². The van der Waals surface area contributed by atoms with Gasteiger partial charge in [0.1, 0.15) is 0 Å². The molecule has 0 saturated heterocycles. The summed E-state index contributed by atoms with van der Waals surface area (Å²) in [7, 11) is 0. The third kappa shape index (κ3) is 1.37. The van der Waals surface area contributed by atoms with Crippen molar-refractivity contribution in [2.24, 2.45) is 0 Å². The maximum absolute atomic E-state index is 4.48. The largest absolute Gasteiger partial charge is 0.261 e. The highest BCUT2D eigenvalue weighted by molar-refractivity contribution is 5.37. The Bertz CT molecular complexity index is 315. The van der Waals surface area contributed by atoms with Gasteiger partial charge in [0.05, 0.1) is 0 Å². The molecule has 1 nitrogen and oxygen atoms in total. The molecule has 2 rings (SSSR count). The summed E-state index contributed by atoms with van der Waals surface area (Å²) in [6.07, 6.45) is 4.49. The van der Waals surface area contributed by atoms with Crippen LogP contribution in [0.2, 0.25) is 0 Å². The number of hydrogen-bond acceptors (Lipinski definition) is 1. The average molecular weight is 175 g/mol. The van der Waals surface area contributed by atoms with E-state index in [0.717, 1.165) is 0 Å². The average Bonchev–Trinajstić information content (AvgIpc) is 2.48. The van der Waals surface area contributed by atoms with Crippen molar-refractivity contribution in [3.63, 3.8) is 0 Å². The summed E-state index contributed by atoms with van der Waals surface area (Å²) in [5, 5.41) is 0. The molecule has 0 N–H and O–H groups in total. The Balaban J connectivity index is 2.51. The van der Waals surface area contributed by atoms with Gasteiger partial charge in [-0.15, -0.1) is 0 Å². The first-order valence-electron chi connectivity index (χ1n) is 5.18. The van der Waals surface area contributed by atoms with Crippen LogP contribution < -0.4 is 0 Å². The van der Waals surface area contributed by atoms with Gasteiger partial charge >= 0.3 is 0 Å². The highest BCUT2D eigenvalue weighted by Crippen LogP contribution is 2.35. The lowest BCUT2D eigenvalue weighted by atomic mass is 9.97. The fourth-order valence-electron chi connectivity index (χ4n) is 2.26. The summed E-state index contributed by atoms with van der Waals surface area (Å²) in [5.74, 6) is 1.32. The van der Waals surface area contributed by atoms with E-state index in [1.165, 1.54) is 29.7 Å². The molecular weight excluding hydrogens is 158 g/mol. The molecule has 70 valence electrons. The fraction of sp³-hybridized carbons (Fsp3) is 0.583. The van der Waals surface area contributed by atoms with E-state index < -0.39 is 0 Å². The second-order valence-electron chi connectivity index (χ2n) is 4.36. The predicted molar refractivity (Wildman–Crippen MR) is 55.1 cm³/mol. The quantitative estimate of drug-likeness (QED) is 0.638. The Morgan fingerprint density at radius 1 is 1.46 bits per heavy atom. The molecule has 1 aliphatic rings. The lowest BCUT2D eigenvalue weighted by molar-refractivity contribution is 0.731. The molecule has 0 aromatic carbocycles. The highest BCUT2D eigenvalue weighted by atomic mass is 14.7. The monoisotopic (exact) mass is 175 g/mol. The van der Waals surface area contributed by atoms with Crippen molar-refractivity contribution >= 4 is 0 Å². The molecule has 1 aromatic heterocycles. The Hall–Kier alpha value is -0.850. The molecule has 13 heavy (non-hydrogen) atoms. The standard InChI is InChI=1S/C12H17N/c1-8(2)10-6-7-13-12-9(3)4-5-11(10)12/h6-9H,4-5H2,1-3H3. The summed E-state index contributed by atoms with van der Waals surface area (Å²) >= 11 is 0. The van der Waals surface area contributed by atoms with Crippen LogP contribution >= 0.6 is 0 Å². The van der Waals surface area contributed by atoms with Crippen molar-refractivity contribution in [1.82, 2.24) is 4.98 Å². The zero-order valence-electron chi connectivity index (χ0n) is 8.67. The van der Waals surface area contributed by atoms with Gasteiger partial charge in [-0.3, -0.25) is 4.98 Å². The van der Waals surface area contributed by atoms with Crippen LogP contribution in [0.5, 0.6) is 0 Å². The third-order valence-electron chi connectivity index (χ3n) is 3.04. The van der Waals surface area contributed by atoms with Crippen molar-refractivity contribution in [1.29, 1.82) is 0 Å². The van der Waals surface area contributed by atoms with Gasteiger partial charge in [-0.05, 0) is 41.9 Å². The van der Waals surface area contributed by atoms with Crippen molar-refractivity contribution < 1.29 is 0 Å². The van der Waals surface area contributed by atoms with E-state index in [2.05, 4.69) is 31.8 Å². The molecule has 0 aliphatic heterocycles. The van der Waals surface area contributed by atoms with Crippen LogP contribution in [0.3, 0.4) is 0 Å². The molecule has 0 saturated carbocycles.